The lowest BCUT2D eigenvalue weighted by molar-refractivity contribution is -0.136. The third-order valence-corrected chi connectivity index (χ3v) is 3.56. The van der Waals surface area contributed by atoms with E-state index in [0.29, 0.717) is 30.2 Å². The van der Waals surface area contributed by atoms with E-state index >= 15 is 0 Å². The van der Waals surface area contributed by atoms with Gasteiger partial charge in [0.05, 0.1) is 28.4 Å². The monoisotopic (exact) mass is 278 g/mol. The molecule has 0 fully saturated rings. The second kappa shape index (κ2) is 4.10. The van der Waals surface area contributed by atoms with Crippen LogP contribution in [0, 0.1) is 11.3 Å². The van der Waals surface area contributed by atoms with Gasteiger partial charge in [0.2, 0.25) is 0 Å². The van der Waals surface area contributed by atoms with Crippen LogP contribution in [0.1, 0.15) is 40.0 Å². The second-order valence-corrected chi connectivity index (χ2v) is 4.81. The number of aryl methyl sites for hydroxylation is 1. The first-order valence-corrected chi connectivity index (χ1v) is 6.11. The molecule has 2 aromatic rings. The van der Waals surface area contributed by atoms with Gasteiger partial charge in [0.1, 0.15) is 0 Å². The Hall–Kier alpha value is -2.29. The van der Waals surface area contributed by atoms with Crippen molar-refractivity contribution in [2.45, 2.75) is 25.4 Å². The van der Waals surface area contributed by atoms with Crippen molar-refractivity contribution in [1.29, 1.82) is 5.26 Å². The SMILES string of the molecule is N#Cc1cc(C(F)(F)F)c2[nH]c3c(c2c1)CCCC3=O. The summed E-state index contributed by atoms with van der Waals surface area (Å²) >= 11 is 0. The quantitative estimate of drug-likeness (QED) is 0.800. The standard InChI is InChI=1S/C14H9F3N2O/c15-14(16,17)10-5-7(6-18)4-9-8-2-1-3-11(20)13(8)19-12(9)10/h4-5,19H,1-3H2. The summed E-state index contributed by atoms with van der Waals surface area (Å²) in [7, 11) is 0. The molecule has 0 bridgehead atoms. The summed E-state index contributed by atoms with van der Waals surface area (Å²) in [6.07, 6.45) is -3.06. The Morgan fingerprint density at radius 2 is 2.00 bits per heavy atom. The largest absolute Gasteiger partial charge is 0.418 e. The van der Waals surface area contributed by atoms with E-state index in [2.05, 4.69) is 4.98 Å². The zero-order valence-electron chi connectivity index (χ0n) is 10.3. The summed E-state index contributed by atoms with van der Waals surface area (Å²) in [4.78, 5) is 14.4. The average Bonchev–Trinajstić information content (AvgIpc) is 2.76. The van der Waals surface area contributed by atoms with Crippen LogP contribution in [0.15, 0.2) is 12.1 Å². The van der Waals surface area contributed by atoms with E-state index in [4.69, 9.17) is 5.26 Å². The van der Waals surface area contributed by atoms with Crippen molar-refractivity contribution < 1.29 is 18.0 Å². The number of nitriles is 1. The molecule has 20 heavy (non-hydrogen) atoms. The number of rotatable bonds is 0. The molecule has 0 unspecified atom stereocenters. The van der Waals surface area contributed by atoms with Crippen LogP contribution in [0.3, 0.4) is 0 Å². The van der Waals surface area contributed by atoms with Gasteiger partial charge >= 0.3 is 6.18 Å². The number of carbonyl (C=O) groups excluding carboxylic acids is 1. The maximum atomic E-state index is 13.1. The molecule has 1 N–H and O–H groups in total. The third kappa shape index (κ3) is 1.78. The number of aromatic amines is 1. The number of Topliss-reactive ketones (excluding diaryl/α,β-unsaturated/α-hetero) is 1. The number of alkyl halides is 3. The molecule has 102 valence electrons. The number of hydrogen-bond donors (Lipinski definition) is 1. The molecule has 1 aliphatic carbocycles. The fourth-order valence-electron chi connectivity index (χ4n) is 2.69. The smallest absolute Gasteiger partial charge is 0.351 e. The lowest BCUT2D eigenvalue weighted by Crippen LogP contribution is -2.09. The van der Waals surface area contributed by atoms with Crippen molar-refractivity contribution in [1.82, 2.24) is 4.98 Å². The van der Waals surface area contributed by atoms with Crippen LogP contribution in [-0.4, -0.2) is 10.8 Å². The summed E-state index contributed by atoms with van der Waals surface area (Å²) in [6.45, 7) is 0. The Morgan fingerprint density at radius 1 is 1.25 bits per heavy atom. The van der Waals surface area contributed by atoms with Crippen molar-refractivity contribution >= 4 is 16.7 Å². The number of aromatic nitrogens is 1. The highest BCUT2D eigenvalue weighted by Crippen LogP contribution is 2.38. The molecule has 1 aliphatic rings. The van der Waals surface area contributed by atoms with Crippen LogP contribution in [0.2, 0.25) is 0 Å². The topological polar surface area (TPSA) is 56.6 Å². The number of carbonyl (C=O) groups is 1. The molecule has 0 amide bonds. The molecule has 0 saturated carbocycles. The van der Waals surface area contributed by atoms with Crippen molar-refractivity contribution in [2.75, 3.05) is 0 Å². The predicted octanol–water partition coefficient (Wildman–Crippen LogP) is 3.58. The number of ketones is 1. The average molecular weight is 278 g/mol. The van der Waals surface area contributed by atoms with Crippen molar-refractivity contribution in [3.8, 4) is 6.07 Å². The molecule has 0 radical (unpaired) electrons. The number of H-pyrrole nitrogens is 1. The number of hydrogen-bond acceptors (Lipinski definition) is 2. The van der Waals surface area contributed by atoms with Crippen LogP contribution in [0.25, 0.3) is 10.9 Å². The molecule has 3 rings (SSSR count). The lowest BCUT2D eigenvalue weighted by Gasteiger charge is -2.10. The first kappa shape index (κ1) is 12.7. The zero-order chi connectivity index (χ0) is 14.5. The van der Waals surface area contributed by atoms with E-state index < -0.39 is 11.7 Å². The van der Waals surface area contributed by atoms with Gasteiger partial charge in [-0.3, -0.25) is 4.79 Å². The fourth-order valence-corrected chi connectivity index (χ4v) is 2.69. The minimum Gasteiger partial charge on any atom is -0.351 e. The van der Waals surface area contributed by atoms with Crippen molar-refractivity contribution in [3.63, 3.8) is 0 Å². The Bertz CT molecular complexity index is 765. The molecular formula is C14H9F3N2O. The van der Waals surface area contributed by atoms with Gasteiger partial charge in [-0.1, -0.05) is 0 Å². The Morgan fingerprint density at radius 3 is 2.65 bits per heavy atom. The van der Waals surface area contributed by atoms with Gasteiger partial charge in [-0.05, 0) is 30.5 Å². The summed E-state index contributed by atoms with van der Waals surface area (Å²) in [5.74, 6) is -0.172. The molecule has 1 heterocycles. The first-order chi connectivity index (χ1) is 9.41. The number of nitrogens with zero attached hydrogens (tertiary/aromatic N) is 1. The van der Waals surface area contributed by atoms with Gasteiger partial charge in [-0.2, -0.15) is 18.4 Å². The summed E-state index contributed by atoms with van der Waals surface area (Å²) in [5, 5.41) is 9.22. The molecular weight excluding hydrogens is 269 g/mol. The van der Waals surface area contributed by atoms with Crippen LogP contribution in [-0.2, 0) is 12.6 Å². The van der Waals surface area contributed by atoms with Crippen LogP contribution in [0.4, 0.5) is 13.2 Å². The van der Waals surface area contributed by atoms with E-state index in [0.717, 1.165) is 6.07 Å². The molecule has 0 spiro atoms. The lowest BCUT2D eigenvalue weighted by atomic mass is 9.93. The molecule has 0 aliphatic heterocycles. The Kier molecular flexibility index (Phi) is 2.61. The van der Waals surface area contributed by atoms with Crippen molar-refractivity contribution in [2.24, 2.45) is 0 Å². The highest BCUT2D eigenvalue weighted by atomic mass is 19.4. The van der Waals surface area contributed by atoms with Crippen molar-refractivity contribution in [3.05, 3.63) is 34.5 Å². The van der Waals surface area contributed by atoms with E-state index in [9.17, 15) is 18.0 Å². The van der Waals surface area contributed by atoms with Crippen LogP contribution in [0.5, 0.6) is 0 Å². The summed E-state index contributed by atoms with van der Waals surface area (Å²) < 4.78 is 39.2. The van der Waals surface area contributed by atoms with Gasteiger partial charge < -0.3 is 4.98 Å². The summed E-state index contributed by atoms with van der Waals surface area (Å²) in [6, 6.07) is 3.97. The van der Waals surface area contributed by atoms with E-state index in [1.165, 1.54) is 6.07 Å². The van der Waals surface area contributed by atoms with E-state index in [1.54, 1.807) is 6.07 Å². The normalized spacial score (nSPS) is 15.2. The third-order valence-electron chi connectivity index (χ3n) is 3.56. The molecule has 1 aromatic carbocycles. The van der Waals surface area contributed by atoms with Crippen LogP contribution >= 0.6 is 0 Å². The predicted molar refractivity (Wildman–Crippen MR) is 65.3 cm³/mol. The molecule has 6 heteroatoms. The minimum atomic E-state index is -4.57. The number of benzene rings is 1. The number of fused-ring (bicyclic) bond motifs is 3. The van der Waals surface area contributed by atoms with Gasteiger partial charge in [0, 0.05) is 11.8 Å². The highest BCUT2D eigenvalue weighted by Gasteiger charge is 2.35. The zero-order valence-corrected chi connectivity index (χ0v) is 10.3. The maximum absolute atomic E-state index is 13.1. The van der Waals surface area contributed by atoms with Gasteiger partial charge in [0.15, 0.2) is 5.78 Å². The second-order valence-electron chi connectivity index (χ2n) is 4.81. The van der Waals surface area contributed by atoms with Crippen LogP contribution < -0.4 is 0 Å². The Balaban J connectivity index is 2.41. The van der Waals surface area contributed by atoms with Gasteiger partial charge in [-0.15, -0.1) is 0 Å². The van der Waals surface area contributed by atoms with Gasteiger partial charge in [-0.25, -0.2) is 0 Å². The maximum Gasteiger partial charge on any atom is 0.418 e. The van der Waals surface area contributed by atoms with Gasteiger partial charge in [0.25, 0.3) is 0 Å². The molecule has 3 nitrogen and oxygen atoms in total. The molecule has 0 saturated heterocycles. The van der Waals surface area contributed by atoms with E-state index in [1.807, 2.05) is 0 Å². The first-order valence-electron chi connectivity index (χ1n) is 6.11. The Labute approximate surface area is 112 Å². The number of halogens is 3. The summed E-state index contributed by atoms with van der Waals surface area (Å²) in [5.41, 5.74) is -0.194. The minimum absolute atomic E-state index is 0.0513. The van der Waals surface area contributed by atoms with E-state index in [-0.39, 0.29) is 22.6 Å². The highest BCUT2D eigenvalue weighted by molar-refractivity contribution is 6.04. The number of nitrogens with one attached hydrogen (secondary N) is 1. The molecule has 1 aromatic heterocycles. The fraction of sp³-hybridized carbons (Fsp3) is 0.286. The molecule has 0 atom stereocenters.